The summed E-state index contributed by atoms with van der Waals surface area (Å²) in [5, 5.41) is 12.9. The second-order valence-corrected chi connectivity index (χ2v) is 4.29. The molecule has 0 aliphatic carbocycles. The van der Waals surface area contributed by atoms with Crippen LogP contribution in [-0.4, -0.2) is 25.8 Å². The normalized spacial score (nSPS) is 10.4. The number of hydrogen-bond acceptors (Lipinski definition) is 5. The molecule has 0 spiro atoms. The van der Waals surface area contributed by atoms with Crippen molar-refractivity contribution in [1.29, 1.82) is 5.26 Å². The van der Waals surface area contributed by atoms with E-state index in [1.54, 1.807) is 30.5 Å². The SMILES string of the molecule is N#Cc1ccc(OCCn2nc3cnccn3c2=O)cc1. The van der Waals surface area contributed by atoms with Gasteiger partial charge in [0.05, 0.1) is 24.4 Å². The van der Waals surface area contributed by atoms with Crippen LogP contribution in [0.5, 0.6) is 5.75 Å². The summed E-state index contributed by atoms with van der Waals surface area (Å²) in [5.41, 5.74) is 0.850. The summed E-state index contributed by atoms with van der Waals surface area (Å²) in [6, 6.07) is 8.83. The Balaban J connectivity index is 1.68. The minimum atomic E-state index is -0.226. The number of fused-ring (bicyclic) bond motifs is 1. The third kappa shape index (κ3) is 2.60. The molecule has 0 bridgehead atoms. The zero-order chi connectivity index (χ0) is 14.7. The zero-order valence-electron chi connectivity index (χ0n) is 11.0. The highest BCUT2D eigenvalue weighted by molar-refractivity contribution is 5.34. The van der Waals surface area contributed by atoms with E-state index in [1.165, 1.54) is 21.5 Å². The second-order valence-electron chi connectivity index (χ2n) is 4.29. The zero-order valence-corrected chi connectivity index (χ0v) is 11.0. The van der Waals surface area contributed by atoms with Gasteiger partial charge in [-0.2, -0.15) is 5.26 Å². The Morgan fingerprint density at radius 2 is 2.10 bits per heavy atom. The van der Waals surface area contributed by atoms with Crippen LogP contribution in [-0.2, 0) is 6.54 Å². The van der Waals surface area contributed by atoms with Gasteiger partial charge in [-0.15, -0.1) is 5.10 Å². The summed E-state index contributed by atoms with van der Waals surface area (Å²) >= 11 is 0. The molecule has 2 aromatic heterocycles. The smallest absolute Gasteiger partial charge is 0.350 e. The molecule has 0 fully saturated rings. The summed E-state index contributed by atoms with van der Waals surface area (Å²) in [4.78, 5) is 15.9. The van der Waals surface area contributed by atoms with Crippen molar-refractivity contribution < 1.29 is 4.74 Å². The topological polar surface area (TPSA) is 85.2 Å². The first-order valence-electron chi connectivity index (χ1n) is 6.30. The average molecular weight is 281 g/mol. The van der Waals surface area contributed by atoms with Crippen LogP contribution in [0.15, 0.2) is 47.7 Å². The van der Waals surface area contributed by atoms with Crippen molar-refractivity contribution in [3.8, 4) is 11.8 Å². The van der Waals surface area contributed by atoms with Crippen molar-refractivity contribution in [3.05, 3.63) is 58.9 Å². The lowest BCUT2D eigenvalue weighted by Gasteiger charge is -2.05. The van der Waals surface area contributed by atoms with E-state index in [1.807, 2.05) is 6.07 Å². The predicted octanol–water partition coefficient (Wildman–Crippen LogP) is 0.842. The van der Waals surface area contributed by atoms with Crippen LogP contribution < -0.4 is 10.4 Å². The van der Waals surface area contributed by atoms with Crippen LogP contribution in [0.1, 0.15) is 5.56 Å². The maximum atomic E-state index is 12.0. The number of aromatic nitrogens is 4. The van der Waals surface area contributed by atoms with Crippen molar-refractivity contribution >= 4 is 5.65 Å². The van der Waals surface area contributed by atoms with E-state index in [0.29, 0.717) is 30.1 Å². The molecule has 2 heterocycles. The Hall–Kier alpha value is -3.14. The number of nitriles is 1. The molecule has 0 aliphatic heterocycles. The van der Waals surface area contributed by atoms with Gasteiger partial charge in [-0.25, -0.2) is 13.9 Å². The summed E-state index contributed by atoms with van der Waals surface area (Å²) in [6.45, 7) is 0.642. The Kier molecular flexibility index (Phi) is 3.35. The first-order chi connectivity index (χ1) is 10.3. The lowest BCUT2D eigenvalue weighted by Crippen LogP contribution is -2.23. The fourth-order valence-corrected chi connectivity index (χ4v) is 1.90. The fraction of sp³-hybridized carbons (Fsp3) is 0.143. The van der Waals surface area contributed by atoms with Crippen molar-refractivity contribution in [2.45, 2.75) is 6.54 Å². The van der Waals surface area contributed by atoms with Gasteiger partial charge in [0.15, 0.2) is 5.65 Å². The Labute approximate surface area is 119 Å². The third-order valence-corrected chi connectivity index (χ3v) is 2.94. The van der Waals surface area contributed by atoms with Crippen LogP contribution in [0, 0.1) is 11.3 Å². The molecule has 1 aromatic carbocycles. The van der Waals surface area contributed by atoms with Crippen molar-refractivity contribution in [2.75, 3.05) is 6.61 Å². The summed E-state index contributed by atoms with van der Waals surface area (Å²) in [7, 11) is 0. The van der Waals surface area contributed by atoms with Gasteiger partial charge in [0.25, 0.3) is 0 Å². The summed E-state index contributed by atoms with van der Waals surface area (Å²) in [6.07, 6.45) is 4.63. The first-order valence-corrected chi connectivity index (χ1v) is 6.30. The van der Waals surface area contributed by atoms with E-state index in [4.69, 9.17) is 10.00 Å². The number of nitrogens with zero attached hydrogens (tertiary/aromatic N) is 5. The van der Waals surface area contributed by atoms with E-state index in [2.05, 4.69) is 10.1 Å². The molecule has 104 valence electrons. The molecule has 0 aliphatic rings. The van der Waals surface area contributed by atoms with E-state index in [0.717, 1.165) is 0 Å². The van der Waals surface area contributed by atoms with Crippen LogP contribution >= 0.6 is 0 Å². The molecule has 0 amide bonds. The predicted molar refractivity (Wildman–Crippen MR) is 73.9 cm³/mol. The van der Waals surface area contributed by atoms with Crippen molar-refractivity contribution in [2.24, 2.45) is 0 Å². The minimum absolute atomic E-state index is 0.226. The van der Waals surface area contributed by atoms with Crippen LogP contribution in [0.25, 0.3) is 5.65 Å². The van der Waals surface area contributed by atoms with Crippen LogP contribution in [0.2, 0.25) is 0 Å². The molecule has 0 radical (unpaired) electrons. The van der Waals surface area contributed by atoms with Gasteiger partial charge in [-0.05, 0) is 24.3 Å². The first kappa shape index (κ1) is 12.9. The van der Waals surface area contributed by atoms with Gasteiger partial charge in [-0.1, -0.05) is 0 Å². The standard InChI is InChI=1S/C14H11N5O2/c15-9-11-1-3-12(4-2-11)21-8-7-19-14(20)18-6-5-16-10-13(18)17-19/h1-6,10H,7-8H2. The maximum Gasteiger partial charge on any atom is 0.350 e. The van der Waals surface area contributed by atoms with Gasteiger partial charge in [0, 0.05) is 12.4 Å². The highest BCUT2D eigenvalue weighted by Crippen LogP contribution is 2.11. The minimum Gasteiger partial charge on any atom is -0.492 e. The molecule has 3 rings (SSSR count). The number of ether oxygens (including phenoxy) is 1. The molecular formula is C14H11N5O2. The second kappa shape index (κ2) is 5.46. The average Bonchev–Trinajstić information content (AvgIpc) is 2.85. The van der Waals surface area contributed by atoms with Gasteiger partial charge in [0.1, 0.15) is 12.4 Å². The number of benzene rings is 1. The van der Waals surface area contributed by atoms with Gasteiger partial charge in [-0.3, -0.25) is 4.98 Å². The largest absolute Gasteiger partial charge is 0.492 e. The molecule has 0 unspecified atom stereocenters. The van der Waals surface area contributed by atoms with E-state index >= 15 is 0 Å². The maximum absolute atomic E-state index is 12.0. The number of hydrogen-bond donors (Lipinski definition) is 0. The molecule has 3 aromatic rings. The van der Waals surface area contributed by atoms with Crippen LogP contribution in [0.3, 0.4) is 0 Å². The molecule has 7 heteroatoms. The highest BCUT2D eigenvalue weighted by Gasteiger charge is 2.06. The summed E-state index contributed by atoms with van der Waals surface area (Å²) < 4.78 is 8.29. The van der Waals surface area contributed by atoms with E-state index in [-0.39, 0.29) is 5.69 Å². The quantitative estimate of drug-likeness (QED) is 0.707. The third-order valence-electron chi connectivity index (χ3n) is 2.94. The molecular weight excluding hydrogens is 270 g/mol. The molecule has 7 nitrogen and oxygen atoms in total. The van der Waals surface area contributed by atoms with Gasteiger partial charge >= 0.3 is 5.69 Å². The van der Waals surface area contributed by atoms with Crippen molar-refractivity contribution in [3.63, 3.8) is 0 Å². The lowest BCUT2D eigenvalue weighted by atomic mass is 10.2. The van der Waals surface area contributed by atoms with Gasteiger partial charge < -0.3 is 4.74 Å². The molecule has 21 heavy (non-hydrogen) atoms. The number of rotatable bonds is 4. The van der Waals surface area contributed by atoms with E-state index < -0.39 is 0 Å². The Morgan fingerprint density at radius 1 is 1.29 bits per heavy atom. The van der Waals surface area contributed by atoms with Crippen molar-refractivity contribution in [1.82, 2.24) is 19.2 Å². The fourth-order valence-electron chi connectivity index (χ4n) is 1.90. The highest BCUT2D eigenvalue weighted by atomic mass is 16.5. The lowest BCUT2D eigenvalue weighted by molar-refractivity contribution is 0.289. The molecule has 0 saturated heterocycles. The van der Waals surface area contributed by atoms with Gasteiger partial charge in [0.2, 0.25) is 0 Å². The molecule has 0 saturated carbocycles. The Bertz CT molecular complexity index is 857. The van der Waals surface area contributed by atoms with Crippen LogP contribution in [0.4, 0.5) is 0 Å². The molecule has 0 atom stereocenters. The Morgan fingerprint density at radius 3 is 2.81 bits per heavy atom. The van der Waals surface area contributed by atoms with E-state index in [9.17, 15) is 4.79 Å². The summed E-state index contributed by atoms with van der Waals surface area (Å²) in [5.74, 6) is 0.646. The monoisotopic (exact) mass is 281 g/mol. The molecule has 0 N–H and O–H groups in total.